The number of carbonyl (C=O) groups excluding carboxylic acids is 1. The van der Waals surface area contributed by atoms with Crippen LogP contribution in [0, 0.1) is 23.7 Å². The lowest BCUT2D eigenvalue weighted by atomic mass is 9.82. The Balaban J connectivity index is 1.66. The third-order valence-electron chi connectivity index (χ3n) is 6.33. The van der Waals surface area contributed by atoms with Crippen molar-refractivity contribution in [2.45, 2.75) is 51.1 Å². The second kappa shape index (κ2) is 8.55. The van der Waals surface area contributed by atoms with Gasteiger partial charge in [0.15, 0.2) is 0 Å². The Kier molecular flexibility index (Phi) is 5.89. The minimum absolute atomic E-state index is 0.0120. The summed E-state index contributed by atoms with van der Waals surface area (Å²) >= 11 is 0. The van der Waals surface area contributed by atoms with E-state index in [1.165, 1.54) is 0 Å². The lowest BCUT2D eigenvalue weighted by Crippen LogP contribution is -2.44. The number of nitrogens with zero attached hydrogens (tertiary/aromatic N) is 1. The van der Waals surface area contributed by atoms with Crippen molar-refractivity contribution in [3.05, 3.63) is 29.3 Å². The van der Waals surface area contributed by atoms with Gasteiger partial charge in [-0.1, -0.05) is 18.8 Å². The first-order valence-corrected chi connectivity index (χ1v) is 10.6. The van der Waals surface area contributed by atoms with E-state index in [1.54, 1.807) is 0 Å². The number of hydrogen-bond acceptors (Lipinski definition) is 4. The predicted octanol–water partition coefficient (Wildman–Crippen LogP) is 2.94. The highest BCUT2D eigenvalue weighted by molar-refractivity contribution is 5.80. The van der Waals surface area contributed by atoms with Gasteiger partial charge in [0.05, 0.1) is 18.7 Å². The zero-order valence-electron chi connectivity index (χ0n) is 16.6. The van der Waals surface area contributed by atoms with Gasteiger partial charge in [-0.15, -0.1) is 0 Å². The molecule has 5 nitrogen and oxygen atoms in total. The molecule has 1 aromatic carbocycles. The van der Waals surface area contributed by atoms with Gasteiger partial charge < -0.3 is 20.1 Å². The molecular weight excluding hydrogens is 352 g/mol. The molecule has 0 spiro atoms. The lowest BCUT2D eigenvalue weighted by molar-refractivity contribution is -0.140. The molecule has 0 radical (unpaired) electrons. The van der Waals surface area contributed by atoms with Crippen LogP contribution in [-0.4, -0.2) is 48.3 Å². The number of benzene rings is 1. The molecule has 3 heterocycles. The third-order valence-corrected chi connectivity index (χ3v) is 6.33. The van der Waals surface area contributed by atoms with Gasteiger partial charge in [-0.2, -0.15) is 0 Å². The standard InChI is InChI=1S/C23H30N2O3/c1-2-3-4-5-16-6-7-20-19(14-16)22-18(21(15-26)24-20)8-11-25(22)23(27)17-9-12-28-13-10-17/h6-7,14,17-18,21-22,24,26H,2-3,8-13,15H2,1H3/t18-,21+,22-/m1/s1. The van der Waals surface area contributed by atoms with E-state index in [2.05, 4.69) is 41.1 Å². The van der Waals surface area contributed by atoms with Gasteiger partial charge in [-0.05, 0) is 49.4 Å². The molecule has 2 fully saturated rings. The van der Waals surface area contributed by atoms with Crippen LogP contribution in [0.15, 0.2) is 18.2 Å². The van der Waals surface area contributed by atoms with Crippen LogP contribution in [0.25, 0.3) is 0 Å². The molecular formula is C23H30N2O3. The van der Waals surface area contributed by atoms with Gasteiger partial charge in [0, 0.05) is 49.3 Å². The first-order chi connectivity index (χ1) is 13.7. The second-order valence-corrected chi connectivity index (χ2v) is 8.10. The van der Waals surface area contributed by atoms with Crippen LogP contribution in [0.5, 0.6) is 0 Å². The summed E-state index contributed by atoms with van der Waals surface area (Å²) in [5, 5.41) is 13.4. The lowest BCUT2D eigenvalue weighted by Gasteiger charge is -2.40. The summed E-state index contributed by atoms with van der Waals surface area (Å²) in [6, 6.07) is 6.24. The highest BCUT2D eigenvalue weighted by Gasteiger charge is 2.46. The molecule has 1 amide bonds. The summed E-state index contributed by atoms with van der Waals surface area (Å²) in [5.41, 5.74) is 3.17. The molecule has 4 rings (SSSR count). The maximum Gasteiger partial charge on any atom is 0.226 e. The fourth-order valence-electron chi connectivity index (χ4n) is 4.86. The Labute approximate surface area is 167 Å². The molecule has 0 bridgehead atoms. The summed E-state index contributed by atoms with van der Waals surface area (Å²) in [4.78, 5) is 15.4. The fraction of sp³-hybridized carbons (Fsp3) is 0.609. The van der Waals surface area contributed by atoms with Crippen molar-refractivity contribution in [2.24, 2.45) is 11.8 Å². The van der Waals surface area contributed by atoms with E-state index >= 15 is 0 Å². The quantitative estimate of drug-likeness (QED) is 0.789. The molecule has 28 heavy (non-hydrogen) atoms. The van der Waals surface area contributed by atoms with Crippen molar-refractivity contribution in [1.29, 1.82) is 0 Å². The average Bonchev–Trinajstić information content (AvgIpc) is 3.19. The highest BCUT2D eigenvalue weighted by atomic mass is 16.5. The number of unbranched alkanes of at least 4 members (excludes halogenated alkanes) is 1. The number of fused-ring (bicyclic) bond motifs is 3. The summed E-state index contributed by atoms with van der Waals surface area (Å²) in [7, 11) is 0. The molecule has 0 aliphatic carbocycles. The molecule has 3 atom stereocenters. The topological polar surface area (TPSA) is 61.8 Å². The molecule has 3 aliphatic heterocycles. The van der Waals surface area contributed by atoms with Crippen LogP contribution in [0.1, 0.15) is 56.2 Å². The molecule has 5 heteroatoms. The van der Waals surface area contributed by atoms with E-state index < -0.39 is 0 Å². The van der Waals surface area contributed by atoms with E-state index in [9.17, 15) is 9.90 Å². The van der Waals surface area contributed by atoms with Gasteiger partial charge in [0.1, 0.15) is 0 Å². The van der Waals surface area contributed by atoms with Crippen LogP contribution < -0.4 is 5.32 Å². The highest BCUT2D eigenvalue weighted by Crippen LogP contribution is 2.47. The first-order valence-electron chi connectivity index (χ1n) is 10.6. The number of nitrogens with one attached hydrogen (secondary N) is 1. The molecule has 2 N–H and O–H groups in total. The molecule has 0 aromatic heterocycles. The van der Waals surface area contributed by atoms with Crippen LogP contribution in [0.4, 0.5) is 5.69 Å². The van der Waals surface area contributed by atoms with Crippen molar-refractivity contribution in [3.8, 4) is 11.8 Å². The fourth-order valence-corrected chi connectivity index (χ4v) is 4.86. The van der Waals surface area contributed by atoms with Gasteiger partial charge in [-0.25, -0.2) is 0 Å². The van der Waals surface area contributed by atoms with Crippen molar-refractivity contribution >= 4 is 11.6 Å². The van der Waals surface area contributed by atoms with Crippen LogP contribution in [-0.2, 0) is 9.53 Å². The second-order valence-electron chi connectivity index (χ2n) is 8.10. The summed E-state index contributed by atoms with van der Waals surface area (Å²) in [6.45, 7) is 4.32. The first kappa shape index (κ1) is 19.3. The zero-order valence-corrected chi connectivity index (χ0v) is 16.6. The molecule has 1 aromatic rings. The zero-order chi connectivity index (χ0) is 19.5. The number of anilines is 1. The molecule has 150 valence electrons. The Morgan fingerprint density at radius 3 is 2.89 bits per heavy atom. The maximum atomic E-state index is 13.3. The Hall–Kier alpha value is -2.03. The van der Waals surface area contributed by atoms with Crippen molar-refractivity contribution < 1.29 is 14.6 Å². The van der Waals surface area contributed by atoms with Crippen LogP contribution >= 0.6 is 0 Å². The molecule has 0 saturated carbocycles. The Bertz CT molecular complexity index is 776. The number of hydrogen-bond donors (Lipinski definition) is 2. The molecule has 3 aliphatic rings. The minimum Gasteiger partial charge on any atom is -0.394 e. The number of aliphatic hydroxyl groups is 1. The van der Waals surface area contributed by atoms with Gasteiger partial charge in [0.25, 0.3) is 0 Å². The van der Waals surface area contributed by atoms with Crippen LogP contribution in [0.3, 0.4) is 0 Å². The van der Waals surface area contributed by atoms with Crippen molar-refractivity contribution in [1.82, 2.24) is 4.90 Å². The van der Waals surface area contributed by atoms with E-state index in [-0.39, 0.29) is 36.4 Å². The number of likely N-dealkylation sites (tertiary alicyclic amines) is 1. The van der Waals surface area contributed by atoms with E-state index in [0.29, 0.717) is 13.2 Å². The number of rotatable bonds is 3. The summed E-state index contributed by atoms with van der Waals surface area (Å²) < 4.78 is 5.44. The summed E-state index contributed by atoms with van der Waals surface area (Å²) in [5.74, 6) is 7.03. The van der Waals surface area contributed by atoms with Gasteiger partial charge in [-0.3, -0.25) is 4.79 Å². The smallest absolute Gasteiger partial charge is 0.226 e. The molecule has 2 saturated heterocycles. The largest absolute Gasteiger partial charge is 0.394 e. The number of aliphatic hydroxyl groups excluding tert-OH is 1. The van der Waals surface area contributed by atoms with Crippen molar-refractivity contribution in [2.75, 3.05) is 31.7 Å². The van der Waals surface area contributed by atoms with Gasteiger partial charge in [0.2, 0.25) is 5.91 Å². The third kappa shape index (κ3) is 3.64. The monoisotopic (exact) mass is 382 g/mol. The van der Waals surface area contributed by atoms with E-state index in [1.807, 2.05) is 6.07 Å². The van der Waals surface area contributed by atoms with E-state index in [0.717, 1.165) is 55.5 Å². The Morgan fingerprint density at radius 2 is 2.14 bits per heavy atom. The van der Waals surface area contributed by atoms with Crippen molar-refractivity contribution in [3.63, 3.8) is 0 Å². The summed E-state index contributed by atoms with van der Waals surface area (Å²) in [6.07, 6.45) is 4.48. The van der Waals surface area contributed by atoms with Crippen LogP contribution in [0.2, 0.25) is 0 Å². The van der Waals surface area contributed by atoms with E-state index in [4.69, 9.17) is 4.74 Å². The normalized spacial score (nSPS) is 26.6. The number of ether oxygens (including phenoxy) is 1. The minimum atomic E-state index is -0.0120. The SMILES string of the molecule is CCCC#Cc1ccc2c(c1)[C@H]1[C@H](CCN1C(=O)C1CCOCC1)[C@H](CO)N2. The number of carbonyl (C=O) groups is 1. The number of amides is 1. The maximum absolute atomic E-state index is 13.3. The molecule has 0 unspecified atom stereocenters. The Morgan fingerprint density at radius 1 is 1.32 bits per heavy atom. The average molecular weight is 383 g/mol. The predicted molar refractivity (Wildman–Crippen MR) is 109 cm³/mol. The van der Waals surface area contributed by atoms with Gasteiger partial charge >= 0.3 is 0 Å².